The number of aromatic hydroxyl groups is 1. The molecule has 14 nitrogen and oxygen atoms in total. The number of aliphatic hydroxyl groups excluding tert-OH is 5. The first-order valence-electron chi connectivity index (χ1n) is 12.8. The number of rotatable bonds is 7. The van der Waals surface area contributed by atoms with Crippen LogP contribution in [-0.4, -0.2) is 116 Å². The fourth-order valence-corrected chi connectivity index (χ4v) is 5.16. The van der Waals surface area contributed by atoms with Crippen LogP contribution in [0.15, 0.2) is 21.3 Å². The summed E-state index contributed by atoms with van der Waals surface area (Å²) >= 11 is 0. The average molecular weight is 571 g/mol. The first-order chi connectivity index (χ1) is 18.8. The number of ether oxygens (including phenoxy) is 5. The van der Waals surface area contributed by atoms with Gasteiger partial charge in [-0.3, -0.25) is 4.79 Å². The molecule has 1 aromatic carbocycles. The molecule has 2 fully saturated rings. The highest BCUT2D eigenvalue weighted by atomic mass is 16.7. The van der Waals surface area contributed by atoms with Crippen LogP contribution in [-0.2, 0) is 25.4 Å². The van der Waals surface area contributed by atoms with Gasteiger partial charge in [-0.05, 0) is 20.8 Å². The van der Waals surface area contributed by atoms with E-state index in [1.165, 1.54) is 12.1 Å². The van der Waals surface area contributed by atoms with Crippen molar-refractivity contribution in [3.05, 3.63) is 33.7 Å². The van der Waals surface area contributed by atoms with E-state index < -0.39 is 79.0 Å². The van der Waals surface area contributed by atoms with Crippen LogP contribution in [0.3, 0.4) is 0 Å². The Morgan fingerprint density at radius 1 is 1.10 bits per heavy atom. The molecule has 3 aliphatic heterocycles. The summed E-state index contributed by atoms with van der Waals surface area (Å²) in [7, 11) is 0. The minimum absolute atomic E-state index is 0.0344. The van der Waals surface area contributed by atoms with Crippen LogP contribution in [0.5, 0.6) is 11.5 Å². The van der Waals surface area contributed by atoms with Gasteiger partial charge in [-0.1, -0.05) is 0 Å². The minimum atomic E-state index is -1.91. The quantitative estimate of drug-likeness (QED) is 0.195. The van der Waals surface area contributed by atoms with Crippen LogP contribution in [0.1, 0.15) is 25.2 Å². The van der Waals surface area contributed by atoms with Crippen molar-refractivity contribution in [1.29, 1.82) is 0 Å². The summed E-state index contributed by atoms with van der Waals surface area (Å²) < 4.78 is 34.0. The summed E-state index contributed by atoms with van der Waals surface area (Å²) in [6.07, 6.45) is -11.2. The Morgan fingerprint density at radius 3 is 2.50 bits per heavy atom. The monoisotopic (exact) mass is 570 g/mol. The molecule has 7 unspecified atom stereocenters. The van der Waals surface area contributed by atoms with Gasteiger partial charge in [0.15, 0.2) is 18.0 Å². The van der Waals surface area contributed by atoms with E-state index in [4.69, 9.17) is 28.1 Å². The lowest BCUT2D eigenvalue weighted by Crippen LogP contribution is -2.61. The van der Waals surface area contributed by atoms with Crippen molar-refractivity contribution >= 4 is 11.0 Å². The van der Waals surface area contributed by atoms with Crippen molar-refractivity contribution in [2.45, 2.75) is 87.6 Å². The topological polar surface area (TPSA) is 218 Å². The molecule has 222 valence electrons. The normalized spacial score (nSPS) is 36.1. The highest BCUT2D eigenvalue weighted by Gasteiger charge is 2.51. The standard InChI is InChI=1S/C26H34O14/c1-10-4-12(28)17-14(37-10)6-13-11(18(17)29)5-16(38-13)25(2,3)40-23-21(32)20(31)19(30)15(39-23)7-35-24-22(33)26(34,8-27)9-36-24/h4,6,15-16,19-24,27,29-34H,5,7-9H2,1-3H3/t15?,16-,19?,20?,21?,22?,23?,24?,26+/m0/s1. The lowest BCUT2D eigenvalue weighted by atomic mass is 9.94. The van der Waals surface area contributed by atoms with Gasteiger partial charge in [0.05, 0.1) is 19.8 Å². The number of aliphatic hydroxyl groups is 6. The summed E-state index contributed by atoms with van der Waals surface area (Å²) in [5.41, 5.74) is -2.96. The molecule has 5 rings (SSSR count). The van der Waals surface area contributed by atoms with Crippen molar-refractivity contribution in [1.82, 2.24) is 0 Å². The summed E-state index contributed by atoms with van der Waals surface area (Å²) in [4.78, 5) is 12.5. The van der Waals surface area contributed by atoms with Gasteiger partial charge in [-0.2, -0.15) is 0 Å². The van der Waals surface area contributed by atoms with Gasteiger partial charge in [-0.15, -0.1) is 0 Å². The van der Waals surface area contributed by atoms with Crippen molar-refractivity contribution < 1.29 is 63.8 Å². The van der Waals surface area contributed by atoms with Crippen LogP contribution in [0.4, 0.5) is 0 Å². The Bertz CT molecular complexity index is 1310. The molecule has 2 aromatic rings. The Balaban J connectivity index is 1.29. The van der Waals surface area contributed by atoms with E-state index in [1.54, 1.807) is 20.8 Å². The first-order valence-corrected chi connectivity index (χ1v) is 12.8. The summed E-state index contributed by atoms with van der Waals surface area (Å²) in [5.74, 6) is 0.412. The second-order valence-electron chi connectivity index (χ2n) is 11.1. The van der Waals surface area contributed by atoms with E-state index in [-0.39, 0.29) is 29.7 Å². The van der Waals surface area contributed by atoms with Gasteiger partial charge in [-0.25, -0.2) is 0 Å². The zero-order valence-corrected chi connectivity index (χ0v) is 22.1. The molecule has 4 heterocycles. The van der Waals surface area contributed by atoms with Crippen LogP contribution in [0.2, 0.25) is 0 Å². The summed E-state index contributed by atoms with van der Waals surface area (Å²) in [6, 6.07) is 2.80. The molecule has 0 spiro atoms. The smallest absolute Gasteiger partial charge is 0.196 e. The molecule has 0 bridgehead atoms. The maximum absolute atomic E-state index is 12.5. The Kier molecular flexibility index (Phi) is 7.63. The molecule has 14 heteroatoms. The maximum atomic E-state index is 12.5. The van der Waals surface area contributed by atoms with Gasteiger partial charge in [0.1, 0.15) is 76.1 Å². The third-order valence-corrected chi connectivity index (χ3v) is 7.71. The number of phenolic OH excluding ortho intramolecular Hbond substituents is 1. The third-order valence-electron chi connectivity index (χ3n) is 7.71. The third kappa shape index (κ3) is 4.98. The van der Waals surface area contributed by atoms with Gasteiger partial charge in [0, 0.05) is 24.1 Å². The predicted octanol–water partition coefficient (Wildman–Crippen LogP) is -1.83. The molecule has 9 atom stereocenters. The Morgan fingerprint density at radius 2 is 1.82 bits per heavy atom. The minimum Gasteiger partial charge on any atom is -0.507 e. The van der Waals surface area contributed by atoms with E-state index in [0.29, 0.717) is 17.1 Å². The number of fused-ring (bicyclic) bond motifs is 2. The highest BCUT2D eigenvalue weighted by Crippen LogP contribution is 2.43. The van der Waals surface area contributed by atoms with Crippen molar-refractivity contribution in [2.24, 2.45) is 0 Å². The number of hydrogen-bond donors (Lipinski definition) is 7. The van der Waals surface area contributed by atoms with Gasteiger partial charge < -0.3 is 63.8 Å². The maximum Gasteiger partial charge on any atom is 0.196 e. The number of aryl methyl sites for hydroxylation is 1. The SMILES string of the molecule is Cc1cc(=O)c2c(O)c3c(cc2o1)O[C@H](C(C)(C)OC1OC(COC2OC[C@](O)(CO)C2O)C(O)C(O)C1O)C3. The molecule has 2 saturated heterocycles. The van der Waals surface area contributed by atoms with E-state index >= 15 is 0 Å². The molecule has 0 aliphatic carbocycles. The predicted molar refractivity (Wildman–Crippen MR) is 133 cm³/mol. The zero-order chi connectivity index (χ0) is 29.1. The Hall–Kier alpha value is -2.37. The number of hydrogen-bond acceptors (Lipinski definition) is 14. The van der Waals surface area contributed by atoms with Crippen molar-refractivity contribution in [2.75, 3.05) is 19.8 Å². The number of phenols is 1. The van der Waals surface area contributed by atoms with Gasteiger partial charge >= 0.3 is 0 Å². The Labute approximate surface area is 227 Å². The van der Waals surface area contributed by atoms with Gasteiger partial charge in [0.2, 0.25) is 0 Å². The highest BCUT2D eigenvalue weighted by molar-refractivity contribution is 5.87. The molecule has 0 saturated carbocycles. The molecule has 0 radical (unpaired) electrons. The van der Waals surface area contributed by atoms with E-state index in [2.05, 4.69) is 0 Å². The number of benzene rings is 1. The van der Waals surface area contributed by atoms with Crippen molar-refractivity contribution in [3.63, 3.8) is 0 Å². The van der Waals surface area contributed by atoms with Crippen molar-refractivity contribution in [3.8, 4) is 11.5 Å². The van der Waals surface area contributed by atoms with Gasteiger partial charge in [0.25, 0.3) is 0 Å². The van der Waals surface area contributed by atoms with Crippen LogP contribution in [0, 0.1) is 6.92 Å². The fraction of sp³-hybridized carbons (Fsp3) is 0.654. The summed E-state index contributed by atoms with van der Waals surface area (Å²) in [6.45, 7) is 3.32. The molecule has 7 N–H and O–H groups in total. The second-order valence-corrected chi connectivity index (χ2v) is 11.1. The lowest BCUT2D eigenvalue weighted by Gasteiger charge is -2.44. The molecular formula is C26H34O14. The van der Waals surface area contributed by atoms with Crippen LogP contribution < -0.4 is 10.2 Å². The van der Waals surface area contributed by atoms with Crippen LogP contribution in [0.25, 0.3) is 11.0 Å². The van der Waals surface area contributed by atoms with E-state index in [9.17, 15) is 40.5 Å². The molecule has 40 heavy (non-hydrogen) atoms. The first kappa shape index (κ1) is 29.1. The molecule has 3 aliphatic rings. The van der Waals surface area contributed by atoms with E-state index in [0.717, 1.165) is 0 Å². The largest absolute Gasteiger partial charge is 0.507 e. The fourth-order valence-electron chi connectivity index (χ4n) is 5.16. The lowest BCUT2D eigenvalue weighted by molar-refractivity contribution is -0.335. The molecule has 1 aromatic heterocycles. The molecule has 0 amide bonds. The van der Waals surface area contributed by atoms with Crippen LogP contribution >= 0.6 is 0 Å². The van der Waals surface area contributed by atoms with E-state index in [1.807, 2.05) is 0 Å². The summed E-state index contributed by atoms with van der Waals surface area (Å²) in [5, 5.41) is 72.0. The average Bonchev–Trinajstić information content (AvgIpc) is 3.45. The molecular weight excluding hydrogens is 536 g/mol. The zero-order valence-electron chi connectivity index (χ0n) is 22.1. The second kappa shape index (κ2) is 10.5.